The number of hydrogen-bond acceptors (Lipinski definition) is 5. The number of nitrogens with zero attached hydrogens (tertiary/aromatic N) is 2. The minimum Gasteiger partial charge on any atom is -0.383 e. The van der Waals surface area contributed by atoms with Crippen LogP contribution in [0.5, 0.6) is 0 Å². The van der Waals surface area contributed by atoms with Gasteiger partial charge in [-0.25, -0.2) is 4.98 Å². The fourth-order valence-electron chi connectivity index (χ4n) is 1.30. The Morgan fingerprint density at radius 1 is 1.50 bits per heavy atom. The first-order valence-corrected chi connectivity index (χ1v) is 6.03. The lowest BCUT2D eigenvalue weighted by molar-refractivity contribution is 0.945. The van der Waals surface area contributed by atoms with Crippen LogP contribution in [0.2, 0.25) is 5.02 Å². The first-order chi connectivity index (χ1) is 8.60. The fraction of sp³-hybridized carbons (Fsp3) is 0. The van der Waals surface area contributed by atoms with E-state index >= 15 is 0 Å². The summed E-state index contributed by atoms with van der Waals surface area (Å²) < 4.78 is 0. The molecule has 90 valence electrons. The van der Waals surface area contributed by atoms with E-state index < -0.39 is 0 Å². The van der Waals surface area contributed by atoms with Crippen molar-refractivity contribution in [1.29, 1.82) is 5.26 Å². The topological polar surface area (TPSA) is 95.6 Å². The third-order valence-electron chi connectivity index (χ3n) is 2.03. The van der Waals surface area contributed by atoms with Crippen LogP contribution in [0.15, 0.2) is 39.1 Å². The van der Waals surface area contributed by atoms with Gasteiger partial charge in [-0.05, 0) is 12.1 Å². The van der Waals surface area contributed by atoms with Crippen LogP contribution in [0.1, 0.15) is 5.56 Å². The van der Waals surface area contributed by atoms with Crippen LogP contribution in [0.3, 0.4) is 0 Å². The zero-order valence-electron chi connectivity index (χ0n) is 8.98. The van der Waals surface area contributed by atoms with Gasteiger partial charge in [0.1, 0.15) is 11.9 Å². The molecule has 3 N–H and O–H groups in total. The first kappa shape index (κ1) is 12.5. The summed E-state index contributed by atoms with van der Waals surface area (Å²) in [6, 6.07) is 8.26. The molecule has 0 amide bonds. The van der Waals surface area contributed by atoms with Crippen LogP contribution in [0.4, 0.5) is 5.82 Å². The van der Waals surface area contributed by atoms with Gasteiger partial charge in [0.15, 0.2) is 5.16 Å². The molecule has 0 saturated heterocycles. The summed E-state index contributed by atoms with van der Waals surface area (Å²) in [5, 5.41) is 9.70. The maximum absolute atomic E-state index is 11.2. The second-order valence-corrected chi connectivity index (χ2v) is 4.74. The van der Waals surface area contributed by atoms with Gasteiger partial charge < -0.3 is 10.7 Å². The lowest BCUT2D eigenvalue weighted by atomic mass is 10.2. The number of nitrogens with two attached hydrogens (primary N) is 1. The van der Waals surface area contributed by atoms with Crippen molar-refractivity contribution in [3.8, 4) is 6.07 Å². The van der Waals surface area contributed by atoms with Gasteiger partial charge in [-0.3, -0.25) is 4.79 Å². The predicted octanol–water partition coefficient (Wildman–Crippen LogP) is 2.03. The Morgan fingerprint density at radius 2 is 2.28 bits per heavy atom. The van der Waals surface area contributed by atoms with E-state index in [4.69, 9.17) is 22.6 Å². The average molecular weight is 279 g/mol. The predicted molar refractivity (Wildman–Crippen MR) is 69.6 cm³/mol. The minimum atomic E-state index is -0.342. The zero-order chi connectivity index (χ0) is 13.1. The number of halogens is 1. The third-order valence-corrected chi connectivity index (χ3v) is 3.30. The van der Waals surface area contributed by atoms with E-state index in [1.165, 1.54) is 6.07 Å². The van der Waals surface area contributed by atoms with Gasteiger partial charge in [0, 0.05) is 11.0 Å². The van der Waals surface area contributed by atoms with E-state index in [1.54, 1.807) is 18.2 Å². The molecule has 0 unspecified atom stereocenters. The summed E-state index contributed by atoms with van der Waals surface area (Å²) in [4.78, 5) is 18.4. The maximum atomic E-state index is 11.2. The van der Waals surface area contributed by atoms with Crippen LogP contribution < -0.4 is 11.3 Å². The molecular formula is C11H7ClN4OS. The van der Waals surface area contributed by atoms with Gasteiger partial charge in [0.2, 0.25) is 0 Å². The molecule has 0 radical (unpaired) electrons. The summed E-state index contributed by atoms with van der Waals surface area (Å²) >= 11 is 7.03. The highest BCUT2D eigenvalue weighted by molar-refractivity contribution is 7.99. The van der Waals surface area contributed by atoms with Gasteiger partial charge in [-0.15, -0.1) is 0 Å². The summed E-state index contributed by atoms with van der Waals surface area (Å²) in [7, 11) is 0. The standard InChI is InChI=1S/C11H7ClN4OS/c12-7-2-1-3-8(6(7)5-13)18-11-15-9(14)4-10(17)16-11/h1-4H,(H3,14,15,16,17). The summed E-state index contributed by atoms with van der Waals surface area (Å²) in [5.74, 6) is 0.127. The van der Waals surface area contributed by atoms with Gasteiger partial charge in [-0.2, -0.15) is 5.26 Å². The number of rotatable bonds is 2. The molecule has 0 aliphatic heterocycles. The number of H-pyrrole nitrogens is 1. The van der Waals surface area contributed by atoms with Gasteiger partial charge >= 0.3 is 0 Å². The molecule has 18 heavy (non-hydrogen) atoms. The van der Waals surface area contributed by atoms with Gasteiger partial charge in [-0.1, -0.05) is 29.4 Å². The minimum absolute atomic E-state index is 0.127. The summed E-state index contributed by atoms with van der Waals surface area (Å²) in [6.07, 6.45) is 0. The van der Waals surface area contributed by atoms with Crippen LogP contribution in [0.25, 0.3) is 0 Å². The van der Waals surface area contributed by atoms with E-state index in [9.17, 15) is 4.79 Å². The zero-order valence-corrected chi connectivity index (χ0v) is 10.5. The number of aromatic amines is 1. The highest BCUT2D eigenvalue weighted by atomic mass is 35.5. The molecular weight excluding hydrogens is 272 g/mol. The molecule has 7 heteroatoms. The molecule has 1 aromatic heterocycles. The number of hydrogen-bond donors (Lipinski definition) is 2. The molecule has 1 heterocycles. The summed E-state index contributed by atoms with van der Waals surface area (Å²) in [6.45, 7) is 0. The van der Waals surface area contributed by atoms with E-state index in [-0.39, 0.29) is 11.4 Å². The molecule has 0 aliphatic rings. The van der Waals surface area contributed by atoms with Crippen molar-refractivity contribution >= 4 is 29.2 Å². The monoisotopic (exact) mass is 278 g/mol. The van der Waals surface area contributed by atoms with Crippen molar-refractivity contribution in [3.05, 3.63) is 45.2 Å². The fourth-order valence-corrected chi connectivity index (χ4v) is 2.49. The van der Waals surface area contributed by atoms with Crippen LogP contribution in [0, 0.1) is 11.3 Å². The molecule has 0 aliphatic carbocycles. The molecule has 1 aromatic carbocycles. The molecule has 0 saturated carbocycles. The quantitative estimate of drug-likeness (QED) is 0.820. The first-order valence-electron chi connectivity index (χ1n) is 4.83. The lowest BCUT2D eigenvalue weighted by Gasteiger charge is -2.04. The number of anilines is 1. The van der Waals surface area contributed by atoms with E-state index in [0.29, 0.717) is 20.6 Å². The SMILES string of the molecule is N#Cc1c(Cl)cccc1Sc1nc(N)cc(=O)[nH]1. The number of nitrogens with one attached hydrogen (secondary N) is 1. The van der Waals surface area contributed by atoms with Crippen molar-refractivity contribution in [2.24, 2.45) is 0 Å². The van der Waals surface area contributed by atoms with Crippen LogP contribution in [-0.4, -0.2) is 9.97 Å². The summed E-state index contributed by atoms with van der Waals surface area (Å²) in [5.41, 5.74) is 5.48. The van der Waals surface area contributed by atoms with Crippen molar-refractivity contribution in [1.82, 2.24) is 9.97 Å². The van der Waals surface area contributed by atoms with E-state index in [1.807, 2.05) is 6.07 Å². The normalized spacial score (nSPS) is 10.0. The highest BCUT2D eigenvalue weighted by Gasteiger charge is 2.09. The lowest BCUT2D eigenvalue weighted by Crippen LogP contribution is -2.09. The number of aromatic nitrogens is 2. The van der Waals surface area contributed by atoms with E-state index in [2.05, 4.69) is 9.97 Å². The molecule has 0 bridgehead atoms. The highest BCUT2D eigenvalue weighted by Crippen LogP contribution is 2.31. The largest absolute Gasteiger partial charge is 0.383 e. The van der Waals surface area contributed by atoms with Crippen molar-refractivity contribution in [2.45, 2.75) is 10.1 Å². The Labute approximate surface area is 112 Å². The second kappa shape index (κ2) is 5.12. The van der Waals surface area contributed by atoms with Crippen LogP contribution >= 0.6 is 23.4 Å². The van der Waals surface area contributed by atoms with Gasteiger partial charge in [0.05, 0.1) is 10.6 Å². The van der Waals surface area contributed by atoms with Crippen molar-refractivity contribution in [3.63, 3.8) is 0 Å². The van der Waals surface area contributed by atoms with Gasteiger partial charge in [0.25, 0.3) is 5.56 Å². The molecule has 0 spiro atoms. The third kappa shape index (κ3) is 2.64. The Morgan fingerprint density at radius 3 is 2.94 bits per heavy atom. The molecule has 2 aromatic rings. The number of nitriles is 1. The Kier molecular flexibility index (Phi) is 3.55. The number of nitrogen functional groups attached to an aromatic ring is 1. The molecule has 5 nitrogen and oxygen atoms in total. The Hall–Kier alpha value is -1.97. The van der Waals surface area contributed by atoms with Crippen molar-refractivity contribution < 1.29 is 0 Å². The Bertz CT molecular complexity index is 692. The van der Waals surface area contributed by atoms with Crippen molar-refractivity contribution in [2.75, 3.05) is 5.73 Å². The average Bonchev–Trinajstić information content (AvgIpc) is 2.27. The van der Waals surface area contributed by atoms with Crippen LogP contribution in [-0.2, 0) is 0 Å². The molecule has 0 fully saturated rings. The second-order valence-electron chi connectivity index (χ2n) is 3.30. The maximum Gasteiger partial charge on any atom is 0.253 e. The van der Waals surface area contributed by atoms with E-state index in [0.717, 1.165) is 11.8 Å². The molecule has 2 rings (SSSR count). The smallest absolute Gasteiger partial charge is 0.253 e. The Balaban J connectivity index is 2.44. The number of benzene rings is 1. The molecule has 0 atom stereocenters.